The van der Waals surface area contributed by atoms with Crippen molar-refractivity contribution in [2.24, 2.45) is 15.4 Å². The van der Waals surface area contributed by atoms with Gasteiger partial charge >= 0.3 is 0 Å². The Hall–Kier alpha value is -2.11. The molecule has 0 amide bonds. The molecule has 20 heavy (non-hydrogen) atoms. The van der Waals surface area contributed by atoms with Crippen LogP contribution in [0.5, 0.6) is 11.5 Å². The van der Waals surface area contributed by atoms with Crippen LogP contribution in [0.3, 0.4) is 0 Å². The van der Waals surface area contributed by atoms with Crippen LogP contribution in [0, 0.1) is 0 Å². The molecular formula is C13H7Cl2N4O. The first kappa shape index (κ1) is 12.9. The van der Waals surface area contributed by atoms with Crippen molar-refractivity contribution in [2.45, 2.75) is 0 Å². The van der Waals surface area contributed by atoms with Gasteiger partial charge in [-0.3, -0.25) is 0 Å². The molecule has 0 unspecified atom stereocenters. The zero-order valence-corrected chi connectivity index (χ0v) is 11.5. The minimum Gasteiger partial charge on any atom is -0.455 e. The smallest absolute Gasteiger partial charge is 0.210 e. The molecule has 2 aromatic rings. The van der Waals surface area contributed by atoms with Gasteiger partial charge < -0.3 is 4.74 Å². The van der Waals surface area contributed by atoms with Gasteiger partial charge in [-0.1, -0.05) is 35.3 Å². The third-order valence-electron chi connectivity index (χ3n) is 2.56. The number of hydrogen-bond donors (Lipinski definition) is 0. The van der Waals surface area contributed by atoms with E-state index >= 15 is 0 Å². The first-order chi connectivity index (χ1) is 9.74. The highest BCUT2D eigenvalue weighted by Crippen LogP contribution is 2.33. The number of amidine groups is 1. The summed E-state index contributed by atoms with van der Waals surface area (Å²) in [6, 6.07) is 12.3. The number of benzene rings is 2. The molecule has 2 aromatic carbocycles. The number of hydrogen-bond acceptors (Lipinski definition) is 4. The van der Waals surface area contributed by atoms with E-state index in [4.69, 9.17) is 27.9 Å². The predicted octanol–water partition coefficient (Wildman–Crippen LogP) is 4.43. The molecule has 0 saturated heterocycles. The second-order valence-corrected chi connectivity index (χ2v) is 4.72. The summed E-state index contributed by atoms with van der Waals surface area (Å²) in [6.45, 7) is 0. The Kier molecular flexibility index (Phi) is 3.54. The standard InChI is InChI=1S/C13H7Cl2N4O/c14-8-5-6-12(10(15)7-8)20-11-4-2-1-3-9(11)13-16-18-19-17-13/h1-7H. The number of halogens is 2. The number of ether oxygens (including phenoxy) is 1. The van der Waals surface area contributed by atoms with Gasteiger partial charge in [0.05, 0.1) is 10.6 Å². The van der Waals surface area contributed by atoms with Crippen molar-refractivity contribution in [3.05, 3.63) is 58.1 Å². The molecule has 3 rings (SSSR count). The lowest BCUT2D eigenvalue weighted by atomic mass is 10.2. The highest BCUT2D eigenvalue weighted by atomic mass is 35.5. The minimum absolute atomic E-state index is 0.394. The molecule has 1 aliphatic heterocycles. The summed E-state index contributed by atoms with van der Waals surface area (Å²) in [4.78, 5) is 0. The van der Waals surface area contributed by atoms with E-state index in [1.54, 1.807) is 24.3 Å². The summed E-state index contributed by atoms with van der Waals surface area (Å²) in [5.74, 6) is 1.45. The van der Waals surface area contributed by atoms with Crippen molar-refractivity contribution >= 4 is 29.0 Å². The average molecular weight is 306 g/mol. The highest BCUT2D eigenvalue weighted by molar-refractivity contribution is 6.35. The van der Waals surface area contributed by atoms with E-state index in [0.29, 0.717) is 32.9 Å². The molecule has 5 nitrogen and oxygen atoms in total. The van der Waals surface area contributed by atoms with Gasteiger partial charge in [-0.25, -0.2) is 0 Å². The quantitative estimate of drug-likeness (QED) is 0.827. The molecule has 0 saturated carbocycles. The highest BCUT2D eigenvalue weighted by Gasteiger charge is 2.15. The largest absolute Gasteiger partial charge is 0.455 e. The summed E-state index contributed by atoms with van der Waals surface area (Å²) >= 11 is 11.9. The molecule has 99 valence electrons. The van der Waals surface area contributed by atoms with Crippen LogP contribution < -0.4 is 10.3 Å². The van der Waals surface area contributed by atoms with Crippen LogP contribution >= 0.6 is 23.2 Å². The van der Waals surface area contributed by atoms with Crippen molar-refractivity contribution < 1.29 is 4.74 Å². The fourth-order valence-electron chi connectivity index (χ4n) is 1.67. The lowest BCUT2D eigenvalue weighted by Crippen LogP contribution is -1.98. The summed E-state index contributed by atoms with van der Waals surface area (Å²) in [5, 5.41) is 12.1. The second-order valence-electron chi connectivity index (χ2n) is 3.88. The zero-order chi connectivity index (χ0) is 13.9. The van der Waals surface area contributed by atoms with Gasteiger partial charge in [-0.15, -0.1) is 10.2 Å². The lowest BCUT2D eigenvalue weighted by Gasteiger charge is -2.10. The van der Waals surface area contributed by atoms with Crippen molar-refractivity contribution in [3.63, 3.8) is 0 Å². The van der Waals surface area contributed by atoms with Crippen LogP contribution in [0.25, 0.3) is 0 Å². The average Bonchev–Trinajstić information content (AvgIpc) is 2.96. The van der Waals surface area contributed by atoms with Crippen LogP contribution in [0.2, 0.25) is 10.0 Å². The molecule has 1 aliphatic rings. The number of rotatable bonds is 3. The summed E-state index contributed by atoms with van der Waals surface area (Å²) in [6.07, 6.45) is 0. The van der Waals surface area contributed by atoms with E-state index < -0.39 is 0 Å². The van der Waals surface area contributed by atoms with E-state index in [0.717, 1.165) is 0 Å². The summed E-state index contributed by atoms with van der Waals surface area (Å²) < 4.78 is 5.79. The second kappa shape index (κ2) is 5.48. The fraction of sp³-hybridized carbons (Fsp3) is 0. The van der Waals surface area contributed by atoms with Gasteiger partial charge in [0.15, 0.2) is 0 Å². The van der Waals surface area contributed by atoms with Crippen LogP contribution in [0.15, 0.2) is 57.9 Å². The van der Waals surface area contributed by atoms with Gasteiger partial charge in [0.1, 0.15) is 11.5 Å². The molecule has 0 spiro atoms. The molecule has 0 aromatic heterocycles. The number of nitrogens with zero attached hydrogens (tertiary/aromatic N) is 4. The predicted molar refractivity (Wildman–Crippen MR) is 76.5 cm³/mol. The van der Waals surface area contributed by atoms with Crippen molar-refractivity contribution in [1.29, 1.82) is 0 Å². The molecule has 0 atom stereocenters. The maximum absolute atomic E-state index is 6.09. The summed E-state index contributed by atoms with van der Waals surface area (Å²) in [5.41, 5.74) is 4.15. The van der Waals surface area contributed by atoms with Crippen LogP contribution in [0.1, 0.15) is 5.56 Å². The van der Waals surface area contributed by atoms with Crippen molar-refractivity contribution in [3.8, 4) is 11.5 Å². The lowest BCUT2D eigenvalue weighted by molar-refractivity contribution is 0.482. The van der Waals surface area contributed by atoms with Gasteiger partial charge in [0.2, 0.25) is 5.84 Å². The molecule has 0 bridgehead atoms. The summed E-state index contributed by atoms with van der Waals surface area (Å²) in [7, 11) is 0. The van der Waals surface area contributed by atoms with Gasteiger partial charge in [0, 0.05) is 5.02 Å². The van der Waals surface area contributed by atoms with Gasteiger partial charge in [-0.2, -0.15) is 0 Å². The topological polar surface area (TPSA) is 60.4 Å². The van der Waals surface area contributed by atoms with Crippen LogP contribution in [0.4, 0.5) is 0 Å². The maximum Gasteiger partial charge on any atom is 0.210 e. The Bertz CT molecular complexity index is 715. The van der Waals surface area contributed by atoms with E-state index in [9.17, 15) is 0 Å². The number of para-hydroxylation sites is 1. The Morgan fingerprint density at radius 1 is 0.950 bits per heavy atom. The van der Waals surface area contributed by atoms with E-state index in [-0.39, 0.29) is 0 Å². The Labute approximate surface area is 124 Å². The third-order valence-corrected chi connectivity index (χ3v) is 3.09. The fourth-order valence-corrected chi connectivity index (χ4v) is 2.12. The molecule has 1 heterocycles. The Balaban J connectivity index is 1.97. The molecule has 7 heteroatoms. The maximum atomic E-state index is 6.09. The normalized spacial score (nSPS) is 13.0. The Morgan fingerprint density at radius 2 is 1.80 bits per heavy atom. The van der Waals surface area contributed by atoms with E-state index in [1.165, 1.54) is 0 Å². The monoisotopic (exact) mass is 305 g/mol. The molecule has 0 aliphatic carbocycles. The third kappa shape index (κ3) is 2.59. The van der Waals surface area contributed by atoms with E-state index in [1.807, 2.05) is 18.2 Å². The zero-order valence-electron chi connectivity index (χ0n) is 9.99. The molecule has 0 fully saturated rings. The molecule has 1 radical (unpaired) electrons. The first-order valence-corrected chi connectivity index (χ1v) is 6.40. The van der Waals surface area contributed by atoms with E-state index in [2.05, 4.69) is 21.0 Å². The van der Waals surface area contributed by atoms with Crippen molar-refractivity contribution in [2.75, 3.05) is 0 Å². The Morgan fingerprint density at radius 3 is 2.55 bits per heavy atom. The molecule has 0 N–H and O–H groups in total. The van der Waals surface area contributed by atoms with Crippen LogP contribution in [-0.4, -0.2) is 5.84 Å². The minimum atomic E-state index is 0.394. The SMILES string of the molecule is Clc1ccc(Oc2ccccc2C2=N[N]N=N2)c(Cl)c1. The van der Waals surface area contributed by atoms with Crippen LogP contribution in [-0.2, 0) is 0 Å². The van der Waals surface area contributed by atoms with Gasteiger partial charge in [-0.05, 0) is 41.1 Å². The van der Waals surface area contributed by atoms with Crippen molar-refractivity contribution in [1.82, 2.24) is 5.53 Å². The molecular weight excluding hydrogens is 299 g/mol. The first-order valence-electron chi connectivity index (χ1n) is 5.65. The van der Waals surface area contributed by atoms with Gasteiger partial charge in [0.25, 0.3) is 0 Å².